The zero-order valence-electron chi connectivity index (χ0n) is 17.9. The molecule has 31 heavy (non-hydrogen) atoms. The molecule has 4 heterocycles. The molecule has 7 heteroatoms. The highest BCUT2D eigenvalue weighted by Crippen LogP contribution is 2.23. The Hall–Kier alpha value is -3.48. The molecule has 0 spiro atoms. The molecule has 1 amide bonds. The highest BCUT2D eigenvalue weighted by atomic mass is 16.1. The summed E-state index contributed by atoms with van der Waals surface area (Å²) in [4.78, 5) is 22.2. The maximum absolute atomic E-state index is 12.9. The number of nitrogens with zero attached hydrogens (tertiary/aromatic N) is 5. The highest BCUT2D eigenvalue weighted by Gasteiger charge is 2.20. The van der Waals surface area contributed by atoms with Gasteiger partial charge in [0.15, 0.2) is 5.82 Å². The van der Waals surface area contributed by atoms with Crippen molar-refractivity contribution < 1.29 is 4.79 Å². The molecule has 7 nitrogen and oxygen atoms in total. The third kappa shape index (κ3) is 3.71. The Morgan fingerprint density at radius 3 is 2.81 bits per heavy atom. The largest absolute Gasteiger partial charge is 0.347 e. The van der Waals surface area contributed by atoms with E-state index in [1.165, 1.54) is 0 Å². The van der Waals surface area contributed by atoms with E-state index >= 15 is 0 Å². The van der Waals surface area contributed by atoms with Crippen molar-refractivity contribution in [2.24, 2.45) is 5.92 Å². The van der Waals surface area contributed by atoms with Gasteiger partial charge < -0.3 is 5.32 Å². The van der Waals surface area contributed by atoms with Crippen molar-refractivity contribution in [3.63, 3.8) is 0 Å². The predicted molar refractivity (Wildman–Crippen MR) is 119 cm³/mol. The number of carbonyl (C=O) groups excluding carboxylic acids is 1. The first kappa shape index (κ1) is 19.5. The molecule has 1 N–H and O–H groups in total. The summed E-state index contributed by atoms with van der Waals surface area (Å²) in [6.07, 6.45) is 4.73. The first-order valence-electron chi connectivity index (χ1n) is 10.9. The number of imidazole rings is 1. The summed E-state index contributed by atoms with van der Waals surface area (Å²) in [6, 6.07) is 13.8. The van der Waals surface area contributed by atoms with Crippen LogP contribution >= 0.6 is 0 Å². The lowest BCUT2D eigenvalue weighted by Crippen LogP contribution is -2.25. The summed E-state index contributed by atoms with van der Waals surface area (Å²) in [5, 5.41) is 7.70. The van der Waals surface area contributed by atoms with Crippen molar-refractivity contribution >= 4 is 11.6 Å². The zero-order chi connectivity index (χ0) is 21.4. The molecule has 4 aromatic rings. The van der Waals surface area contributed by atoms with Crippen molar-refractivity contribution in [2.75, 3.05) is 0 Å². The Morgan fingerprint density at radius 2 is 2.00 bits per heavy atom. The minimum absolute atomic E-state index is 0.114. The summed E-state index contributed by atoms with van der Waals surface area (Å²) < 4.78 is 3.88. The van der Waals surface area contributed by atoms with Crippen molar-refractivity contribution in [3.05, 3.63) is 71.4 Å². The van der Waals surface area contributed by atoms with Gasteiger partial charge in [-0.1, -0.05) is 44.2 Å². The molecule has 3 aromatic heterocycles. The summed E-state index contributed by atoms with van der Waals surface area (Å²) in [7, 11) is 0. The van der Waals surface area contributed by atoms with Gasteiger partial charge in [0, 0.05) is 31.3 Å². The van der Waals surface area contributed by atoms with E-state index in [1.54, 1.807) is 0 Å². The maximum atomic E-state index is 12.9. The number of rotatable bonds is 5. The number of carbonyl (C=O) groups is 1. The van der Waals surface area contributed by atoms with Crippen LogP contribution in [0.5, 0.6) is 0 Å². The molecule has 0 saturated heterocycles. The van der Waals surface area contributed by atoms with Gasteiger partial charge in [-0.15, -0.1) is 0 Å². The molecule has 1 aromatic carbocycles. The van der Waals surface area contributed by atoms with Crippen LogP contribution in [0.15, 0.2) is 48.7 Å². The number of aromatic nitrogens is 5. The second-order valence-corrected chi connectivity index (χ2v) is 8.24. The SMILES string of the molecule is CCc1nc2ccccn2c1C(=O)NCc1ccc(-c2nc3n(n2)CC[C@H](C)C3)cc1. The van der Waals surface area contributed by atoms with Gasteiger partial charge in [0.2, 0.25) is 0 Å². The van der Waals surface area contributed by atoms with Gasteiger partial charge in [-0.05, 0) is 36.5 Å². The molecule has 0 aliphatic carbocycles. The van der Waals surface area contributed by atoms with Gasteiger partial charge in [-0.25, -0.2) is 14.6 Å². The van der Waals surface area contributed by atoms with Crippen LogP contribution in [0.3, 0.4) is 0 Å². The minimum Gasteiger partial charge on any atom is -0.347 e. The molecule has 5 rings (SSSR count). The van der Waals surface area contributed by atoms with Crippen molar-refractivity contribution in [2.45, 2.75) is 46.2 Å². The number of hydrogen-bond acceptors (Lipinski definition) is 4. The average Bonchev–Trinajstić information content (AvgIpc) is 3.38. The first-order chi connectivity index (χ1) is 15.1. The Labute approximate surface area is 181 Å². The standard InChI is InChI=1S/C24H26N6O/c1-3-19-22(29-12-5-4-6-20(29)26-19)24(31)25-15-17-7-9-18(10-8-17)23-27-21-14-16(2)11-13-30(21)28-23/h4-10,12,16H,3,11,13-15H2,1-2H3,(H,25,31)/t16-/m0/s1. The van der Waals surface area contributed by atoms with Crippen molar-refractivity contribution in [1.82, 2.24) is 29.5 Å². The van der Waals surface area contributed by atoms with Gasteiger partial charge in [-0.2, -0.15) is 5.10 Å². The number of aryl methyl sites for hydroxylation is 2. The van der Waals surface area contributed by atoms with Gasteiger partial charge in [0.25, 0.3) is 5.91 Å². The number of pyridine rings is 1. The van der Waals surface area contributed by atoms with E-state index in [4.69, 9.17) is 4.98 Å². The molecule has 0 saturated carbocycles. The van der Waals surface area contributed by atoms with E-state index in [-0.39, 0.29) is 5.91 Å². The van der Waals surface area contributed by atoms with Crippen LogP contribution in [0.4, 0.5) is 0 Å². The van der Waals surface area contributed by atoms with Crippen molar-refractivity contribution in [3.8, 4) is 11.4 Å². The van der Waals surface area contributed by atoms with Gasteiger partial charge in [0.05, 0.1) is 5.69 Å². The van der Waals surface area contributed by atoms with E-state index in [0.29, 0.717) is 24.6 Å². The molecule has 158 valence electrons. The average molecular weight is 415 g/mol. The van der Waals surface area contributed by atoms with Crippen LogP contribution in [0.2, 0.25) is 0 Å². The van der Waals surface area contributed by atoms with E-state index in [9.17, 15) is 4.79 Å². The lowest BCUT2D eigenvalue weighted by atomic mass is 10.0. The fourth-order valence-corrected chi connectivity index (χ4v) is 4.15. The molecule has 1 aliphatic rings. The summed E-state index contributed by atoms with van der Waals surface area (Å²) in [5.41, 5.74) is 4.24. The topological polar surface area (TPSA) is 77.1 Å². The van der Waals surface area contributed by atoms with Gasteiger partial charge in [-0.3, -0.25) is 9.20 Å². The zero-order valence-corrected chi connectivity index (χ0v) is 17.9. The van der Waals surface area contributed by atoms with E-state index < -0.39 is 0 Å². The summed E-state index contributed by atoms with van der Waals surface area (Å²) in [5.74, 6) is 2.40. The minimum atomic E-state index is -0.114. The van der Waals surface area contributed by atoms with Crippen LogP contribution < -0.4 is 5.32 Å². The molecular formula is C24H26N6O. The number of benzene rings is 1. The molecule has 1 aliphatic heterocycles. The molecule has 0 fully saturated rings. The second kappa shape index (κ2) is 7.98. The fraction of sp³-hybridized carbons (Fsp3) is 0.333. The Bertz CT molecular complexity index is 1240. The monoisotopic (exact) mass is 414 g/mol. The smallest absolute Gasteiger partial charge is 0.270 e. The van der Waals surface area contributed by atoms with Crippen LogP contribution in [0.1, 0.15) is 47.8 Å². The summed E-state index contributed by atoms with van der Waals surface area (Å²) in [6.45, 7) is 5.67. The Morgan fingerprint density at radius 1 is 1.16 bits per heavy atom. The molecule has 0 unspecified atom stereocenters. The van der Waals surface area contributed by atoms with Crippen LogP contribution in [0.25, 0.3) is 17.0 Å². The Balaban J connectivity index is 1.29. The predicted octanol–water partition coefficient (Wildman–Crippen LogP) is 3.67. The van der Waals surface area contributed by atoms with E-state index in [2.05, 4.69) is 22.3 Å². The van der Waals surface area contributed by atoms with Gasteiger partial charge >= 0.3 is 0 Å². The summed E-state index contributed by atoms with van der Waals surface area (Å²) >= 11 is 0. The first-order valence-corrected chi connectivity index (χ1v) is 10.9. The van der Waals surface area contributed by atoms with E-state index in [0.717, 1.165) is 53.5 Å². The number of nitrogens with one attached hydrogen (secondary N) is 1. The quantitative estimate of drug-likeness (QED) is 0.541. The van der Waals surface area contributed by atoms with Gasteiger partial charge in [0.1, 0.15) is 17.2 Å². The fourth-order valence-electron chi connectivity index (χ4n) is 4.15. The van der Waals surface area contributed by atoms with E-state index in [1.807, 2.05) is 64.7 Å². The maximum Gasteiger partial charge on any atom is 0.270 e. The highest BCUT2D eigenvalue weighted by molar-refractivity contribution is 5.94. The molecule has 0 radical (unpaired) electrons. The molecule has 0 bridgehead atoms. The third-order valence-electron chi connectivity index (χ3n) is 5.93. The number of amides is 1. The number of hydrogen-bond donors (Lipinski definition) is 1. The van der Waals surface area contributed by atoms with Crippen LogP contribution in [-0.2, 0) is 25.9 Å². The normalized spacial score (nSPS) is 15.7. The molecular weight excluding hydrogens is 388 g/mol. The lowest BCUT2D eigenvalue weighted by Gasteiger charge is -2.17. The second-order valence-electron chi connectivity index (χ2n) is 8.24. The molecule has 1 atom stereocenters. The van der Waals surface area contributed by atoms with Crippen LogP contribution in [-0.4, -0.2) is 30.1 Å². The third-order valence-corrected chi connectivity index (χ3v) is 5.93. The number of fused-ring (bicyclic) bond motifs is 2. The Kier molecular flexibility index (Phi) is 5.02. The lowest BCUT2D eigenvalue weighted by molar-refractivity contribution is 0.0944. The van der Waals surface area contributed by atoms with Crippen molar-refractivity contribution in [1.29, 1.82) is 0 Å². The van der Waals surface area contributed by atoms with Crippen LogP contribution in [0, 0.1) is 5.92 Å².